The van der Waals surface area contributed by atoms with Crippen molar-refractivity contribution in [1.29, 1.82) is 0 Å². The summed E-state index contributed by atoms with van der Waals surface area (Å²) in [5.74, 6) is -2.88. The Morgan fingerprint density at radius 2 is 1.88 bits per heavy atom. The molecule has 0 spiro atoms. The molecule has 3 rings (SSSR count). The van der Waals surface area contributed by atoms with Crippen molar-refractivity contribution < 1.29 is 38.6 Å². The molecule has 4 amide bonds. The van der Waals surface area contributed by atoms with Gasteiger partial charge in [-0.2, -0.15) is 0 Å². The lowest BCUT2D eigenvalue weighted by Gasteiger charge is -2.47. The van der Waals surface area contributed by atoms with Crippen molar-refractivity contribution in [3.8, 4) is 0 Å². The molecule has 0 aromatic carbocycles. The molecule has 0 radical (unpaired) electrons. The summed E-state index contributed by atoms with van der Waals surface area (Å²) >= 11 is 5.49. The molecular weight excluding hydrogens is 544 g/mol. The number of thiocarbonyl (C=S) groups is 1. The van der Waals surface area contributed by atoms with Gasteiger partial charge in [-0.15, -0.1) is 0 Å². The topological polar surface area (TPSA) is 178 Å². The number of carbonyl (C=O) groups excluding carboxylic acids is 5. The molecule has 2 fully saturated rings. The van der Waals surface area contributed by atoms with E-state index >= 15 is 0 Å². The molecule has 15 heteroatoms. The Labute approximate surface area is 237 Å². The van der Waals surface area contributed by atoms with Crippen molar-refractivity contribution >= 4 is 52.9 Å². The quantitative estimate of drug-likeness (QED) is 0.295. The maximum atomic E-state index is 13.8. The molecule has 40 heavy (non-hydrogen) atoms. The first-order valence-corrected chi connectivity index (χ1v) is 13.5. The molecule has 3 atom stereocenters. The van der Waals surface area contributed by atoms with Gasteiger partial charge in [-0.1, -0.05) is 20.8 Å². The lowest BCUT2D eigenvalue weighted by Crippen LogP contribution is -2.67. The minimum Gasteiger partial charge on any atom is -0.481 e. The fourth-order valence-corrected chi connectivity index (χ4v) is 5.37. The number of hydrogen-bond donors (Lipinski definition) is 4. The molecule has 220 valence electrons. The smallest absolute Gasteiger partial charge is 0.407 e. The summed E-state index contributed by atoms with van der Waals surface area (Å²) in [6.45, 7) is 5.97. The molecule has 0 bridgehead atoms. The van der Waals surface area contributed by atoms with Gasteiger partial charge in [-0.25, -0.2) is 9.80 Å². The Balaban J connectivity index is 1.86. The predicted octanol–water partition coefficient (Wildman–Crippen LogP) is 0.583. The summed E-state index contributed by atoms with van der Waals surface area (Å²) in [5.41, 5.74) is 2.87. The number of alkyl carbamates (subject to hydrolysis) is 1. The number of nitrogens with one attached hydrogen (secondary N) is 3. The monoisotopic (exact) mass is 580 g/mol. The molecule has 3 unspecified atom stereocenters. The third-order valence-corrected chi connectivity index (χ3v) is 7.24. The van der Waals surface area contributed by atoms with Crippen LogP contribution in [0.15, 0.2) is 11.8 Å². The number of rotatable bonds is 8. The summed E-state index contributed by atoms with van der Waals surface area (Å²) in [6.07, 6.45) is 1.10. The Kier molecular flexibility index (Phi) is 9.71. The molecule has 0 aliphatic carbocycles. The van der Waals surface area contributed by atoms with Crippen molar-refractivity contribution in [2.75, 3.05) is 13.7 Å². The SMILES string of the molecule is COC(=O)NC1CCC(=O)N2CCCC(C(=O)NN3C(=S)NC=C(CC(=O)CCC(=O)O)C3C(C)(C)C)N2C1=O. The van der Waals surface area contributed by atoms with E-state index in [2.05, 4.69) is 20.8 Å². The number of hydrogen-bond acceptors (Lipinski definition) is 8. The Bertz CT molecular complexity index is 1120. The van der Waals surface area contributed by atoms with E-state index in [4.69, 9.17) is 17.3 Å². The van der Waals surface area contributed by atoms with E-state index < -0.39 is 47.4 Å². The number of ether oxygens (including phenoxy) is 1. The van der Waals surface area contributed by atoms with Gasteiger partial charge in [0.2, 0.25) is 5.91 Å². The molecule has 4 N–H and O–H groups in total. The first-order chi connectivity index (χ1) is 18.7. The average molecular weight is 581 g/mol. The van der Waals surface area contributed by atoms with Crippen LogP contribution in [0.1, 0.15) is 65.7 Å². The van der Waals surface area contributed by atoms with Crippen molar-refractivity contribution in [3.05, 3.63) is 11.8 Å². The van der Waals surface area contributed by atoms with Crippen LogP contribution in [0.5, 0.6) is 0 Å². The summed E-state index contributed by atoms with van der Waals surface area (Å²) < 4.78 is 4.61. The molecule has 0 saturated carbocycles. The molecular formula is C25H36N6O8S. The lowest BCUT2D eigenvalue weighted by molar-refractivity contribution is -0.177. The number of amides is 4. The minimum atomic E-state index is -1.07. The second-order valence-corrected chi connectivity index (χ2v) is 11.4. The number of hydrazine groups is 2. The van der Waals surface area contributed by atoms with E-state index in [0.29, 0.717) is 12.0 Å². The summed E-state index contributed by atoms with van der Waals surface area (Å²) in [7, 11) is 1.16. The number of carbonyl (C=O) groups is 6. The zero-order valence-corrected chi connectivity index (χ0v) is 23.8. The number of carboxylic acid groups (broad SMARTS) is 1. The number of aliphatic carboxylic acids is 1. The first kappa shape index (κ1) is 30.8. The van der Waals surface area contributed by atoms with Crippen LogP contribution in [0.3, 0.4) is 0 Å². The van der Waals surface area contributed by atoms with Gasteiger partial charge >= 0.3 is 12.1 Å². The van der Waals surface area contributed by atoms with Crippen LogP contribution in [0.25, 0.3) is 0 Å². The molecule has 14 nitrogen and oxygen atoms in total. The van der Waals surface area contributed by atoms with E-state index in [1.165, 1.54) is 10.0 Å². The molecule has 0 aromatic rings. The number of nitrogens with zero attached hydrogens (tertiary/aromatic N) is 3. The van der Waals surface area contributed by atoms with Crippen molar-refractivity contribution in [1.82, 2.24) is 31.1 Å². The third-order valence-electron chi connectivity index (χ3n) is 6.92. The maximum Gasteiger partial charge on any atom is 0.407 e. The summed E-state index contributed by atoms with van der Waals surface area (Å²) in [6, 6.07) is -2.70. The highest BCUT2D eigenvalue weighted by atomic mass is 32.1. The van der Waals surface area contributed by atoms with E-state index in [9.17, 15) is 28.8 Å². The van der Waals surface area contributed by atoms with Crippen LogP contribution in [-0.4, -0.2) is 92.6 Å². The zero-order valence-electron chi connectivity index (χ0n) is 23.0. The predicted molar refractivity (Wildman–Crippen MR) is 144 cm³/mol. The first-order valence-electron chi connectivity index (χ1n) is 13.0. The fraction of sp³-hybridized carbons (Fsp3) is 0.640. The van der Waals surface area contributed by atoms with Crippen LogP contribution < -0.4 is 16.1 Å². The van der Waals surface area contributed by atoms with Crippen molar-refractivity contribution in [2.24, 2.45) is 5.41 Å². The molecule has 2 saturated heterocycles. The van der Waals surface area contributed by atoms with Gasteiger partial charge in [0, 0.05) is 32.0 Å². The van der Waals surface area contributed by atoms with Crippen LogP contribution >= 0.6 is 12.2 Å². The van der Waals surface area contributed by atoms with Crippen LogP contribution in [0.4, 0.5) is 4.79 Å². The van der Waals surface area contributed by atoms with Crippen molar-refractivity contribution in [2.45, 2.75) is 83.8 Å². The Morgan fingerprint density at radius 3 is 2.50 bits per heavy atom. The fourth-order valence-electron chi connectivity index (χ4n) is 5.16. The Morgan fingerprint density at radius 1 is 1.18 bits per heavy atom. The molecule has 3 aliphatic rings. The van der Waals surface area contributed by atoms with Crippen molar-refractivity contribution in [3.63, 3.8) is 0 Å². The average Bonchev–Trinajstić information content (AvgIpc) is 3.00. The van der Waals surface area contributed by atoms with Gasteiger partial charge in [0.05, 0.1) is 19.6 Å². The van der Waals surface area contributed by atoms with Gasteiger partial charge in [-0.05, 0) is 42.5 Å². The van der Waals surface area contributed by atoms with Gasteiger partial charge in [0.15, 0.2) is 5.11 Å². The van der Waals surface area contributed by atoms with E-state index in [1.54, 1.807) is 6.20 Å². The normalized spacial score (nSPS) is 23.4. The number of methoxy groups -OCH3 is 1. The second-order valence-electron chi connectivity index (χ2n) is 11.0. The van der Waals surface area contributed by atoms with Gasteiger partial charge < -0.3 is 20.5 Å². The standard InChI is InChI=1S/C25H36N6O8S/c1-25(2,3)20-14(12-15(32)7-10-19(34)35)13-26-23(40)30(20)28-21(36)17-6-5-11-29-18(33)9-8-16(22(37)31(17)29)27-24(38)39-4/h13,16-17,20H,5-12H2,1-4H3,(H,26,40)(H,27,38)(H,28,36)(H,34,35). The highest BCUT2D eigenvalue weighted by Gasteiger charge is 2.46. The third kappa shape index (κ3) is 7.06. The van der Waals surface area contributed by atoms with E-state index in [0.717, 1.165) is 12.1 Å². The van der Waals surface area contributed by atoms with Crippen LogP contribution in [-0.2, 0) is 28.7 Å². The highest BCUT2D eigenvalue weighted by molar-refractivity contribution is 7.80. The molecule has 0 aromatic heterocycles. The number of Topliss-reactive ketones (excluding diaryl/α,β-unsaturated/α-hetero) is 1. The lowest BCUT2D eigenvalue weighted by atomic mass is 9.79. The van der Waals surface area contributed by atoms with E-state index in [1.807, 2.05) is 20.8 Å². The van der Waals surface area contributed by atoms with Gasteiger partial charge in [0.25, 0.3) is 11.8 Å². The van der Waals surface area contributed by atoms with E-state index in [-0.39, 0.29) is 61.9 Å². The summed E-state index contributed by atoms with van der Waals surface area (Å²) in [4.78, 5) is 75.4. The largest absolute Gasteiger partial charge is 0.481 e. The second kappa shape index (κ2) is 12.6. The van der Waals surface area contributed by atoms with Gasteiger partial charge in [0.1, 0.15) is 17.9 Å². The maximum absolute atomic E-state index is 13.8. The van der Waals surface area contributed by atoms with Gasteiger partial charge in [-0.3, -0.25) is 39.4 Å². The highest BCUT2D eigenvalue weighted by Crippen LogP contribution is 2.33. The zero-order chi connectivity index (χ0) is 29.8. The summed E-state index contributed by atoms with van der Waals surface area (Å²) in [5, 5.41) is 18.2. The Hall–Kier alpha value is -3.75. The molecule has 3 aliphatic heterocycles. The molecule has 3 heterocycles. The number of carboxylic acids is 1. The minimum absolute atomic E-state index is 0.00152. The van der Waals surface area contributed by atoms with Crippen LogP contribution in [0.2, 0.25) is 0 Å². The number of fused-ring (bicyclic) bond motifs is 1. The van der Waals surface area contributed by atoms with Crippen LogP contribution in [0, 0.1) is 5.41 Å². The number of ketones is 1.